The number of aryl methyl sites for hydroxylation is 1. The van der Waals surface area contributed by atoms with Crippen LogP contribution in [-0.2, 0) is 4.79 Å². The first-order chi connectivity index (χ1) is 8.39. The number of aliphatic hydroxyl groups is 1. The maximum Gasteiger partial charge on any atom is 0.240 e. The van der Waals surface area contributed by atoms with E-state index in [2.05, 4.69) is 10.5 Å². The van der Waals surface area contributed by atoms with Crippen LogP contribution in [0.1, 0.15) is 19.5 Å². The molecule has 2 heterocycles. The maximum atomic E-state index is 11.7. The molecule has 1 aromatic heterocycles. The minimum absolute atomic E-state index is 0.156. The molecule has 0 aromatic carbocycles. The van der Waals surface area contributed by atoms with Gasteiger partial charge in [-0.2, -0.15) is 0 Å². The number of hydrogen-bond acceptors (Lipinski definition) is 5. The van der Waals surface area contributed by atoms with Crippen LogP contribution in [0.2, 0.25) is 0 Å². The van der Waals surface area contributed by atoms with E-state index < -0.39 is 5.60 Å². The van der Waals surface area contributed by atoms with Gasteiger partial charge in [0, 0.05) is 19.2 Å². The highest BCUT2D eigenvalue weighted by Gasteiger charge is 2.43. The molecule has 6 nitrogen and oxygen atoms in total. The molecule has 6 heteroatoms. The van der Waals surface area contributed by atoms with Gasteiger partial charge in [0.15, 0.2) is 0 Å². The lowest BCUT2D eigenvalue weighted by atomic mass is 9.83. The van der Waals surface area contributed by atoms with Crippen LogP contribution in [0.5, 0.6) is 0 Å². The normalized spacial score (nSPS) is 18.7. The fraction of sp³-hybridized carbons (Fsp3) is 0.667. The second-order valence-electron chi connectivity index (χ2n) is 5.28. The smallest absolute Gasteiger partial charge is 0.240 e. The third kappa shape index (κ3) is 2.70. The zero-order valence-electron chi connectivity index (χ0n) is 10.9. The first kappa shape index (κ1) is 13.0. The van der Waals surface area contributed by atoms with Crippen LogP contribution in [0, 0.1) is 12.8 Å². The Balaban J connectivity index is 1.77. The van der Waals surface area contributed by atoms with Gasteiger partial charge in [-0.05, 0) is 12.8 Å². The summed E-state index contributed by atoms with van der Waals surface area (Å²) in [4.78, 5) is 13.6. The van der Waals surface area contributed by atoms with E-state index in [-0.39, 0.29) is 18.4 Å². The van der Waals surface area contributed by atoms with Crippen molar-refractivity contribution in [3.8, 4) is 0 Å². The van der Waals surface area contributed by atoms with Gasteiger partial charge in [0.1, 0.15) is 0 Å². The van der Waals surface area contributed by atoms with E-state index in [4.69, 9.17) is 4.52 Å². The molecule has 1 amide bonds. The zero-order chi connectivity index (χ0) is 13.3. The van der Waals surface area contributed by atoms with Crippen molar-refractivity contribution in [1.29, 1.82) is 0 Å². The number of aromatic nitrogens is 1. The number of carbonyl (C=O) groups is 1. The quantitative estimate of drug-likeness (QED) is 0.822. The molecule has 0 spiro atoms. The van der Waals surface area contributed by atoms with Crippen molar-refractivity contribution in [3.05, 3.63) is 11.8 Å². The maximum absolute atomic E-state index is 11.7. The van der Waals surface area contributed by atoms with E-state index in [9.17, 15) is 9.90 Å². The van der Waals surface area contributed by atoms with Crippen LogP contribution in [0.15, 0.2) is 10.6 Å². The number of nitrogens with zero attached hydrogens (tertiary/aromatic N) is 2. The zero-order valence-corrected chi connectivity index (χ0v) is 10.9. The van der Waals surface area contributed by atoms with Crippen molar-refractivity contribution in [1.82, 2.24) is 10.1 Å². The lowest BCUT2D eigenvalue weighted by Gasteiger charge is -2.48. The van der Waals surface area contributed by atoms with Gasteiger partial charge in [-0.1, -0.05) is 19.0 Å². The monoisotopic (exact) mass is 253 g/mol. The highest BCUT2D eigenvalue weighted by atomic mass is 16.5. The number of carbonyl (C=O) groups excluding carboxylic acids is 1. The fourth-order valence-corrected chi connectivity index (χ4v) is 2.01. The van der Waals surface area contributed by atoms with Crippen LogP contribution in [0.3, 0.4) is 0 Å². The van der Waals surface area contributed by atoms with Crippen molar-refractivity contribution < 1.29 is 14.4 Å². The summed E-state index contributed by atoms with van der Waals surface area (Å²) in [5, 5.41) is 16.4. The Morgan fingerprint density at radius 2 is 2.33 bits per heavy atom. The summed E-state index contributed by atoms with van der Waals surface area (Å²) in [6.07, 6.45) is 0. The van der Waals surface area contributed by atoms with Crippen LogP contribution in [0.25, 0.3) is 0 Å². The summed E-state index contributed by atoms with van der Waals surface area (Å²) in [6, 6.07) is 1.67. The highest BCUT2D eigenvalue weighted by molar-refractivity contribution is 5.91. The molecule has 1 aromatic rings. The number of hydrogen-bond donors (Lipinski definition) is 2. The second-order valence-corrected chi connectivity index (χ2v) is 5.28. The Hall–Kier alpha value is -1.40. The van der Waals surface area contributed by atoms with Gasteiger partial charge in [-0.25, -0.2) is 0 Å². The summed E-state index contributed by atoms with van der Waals surface area (Å²) in [6.45, 7) is 7.08. The number of amides is 1. The summed E-state index contributed by atoms with van der Waals surface area (Å²) in [7, 11) is 0. The molecule has 1 saturated heterocycles. The molecule has 1 aliphatic rings. The molecule has 0 bridgehead atoms. The average Bonchev–Trinajstić information content (AvgIpc) is 2.61. The topological polar surface area (TPSA) is 78.6 Å². The van der Waals surface area contributed by atoms with Gasteiger partial charge in [-0.15, -0.1) is 0 Å². The minimum Gasteiger partial charge on any atom is -0.387 e. The lowest BCUT2D eigenvalue weighted by molar-refractivity contribution is -0.139. The Morgan fingerprint density at radius 3 is 2.83 bits per heavy atom. The molecule has 0 saturated carbocycles. The summed E-state index contributed by atoms with van der Waals surface area (Å²) in [5.74, 6) is 0.405. The molecule has 100 valence electrons. The molecule has 2 N–H and O–H groups in total. The molecular formula is C12H19N3O3. The van der Waals surface area contributed by atoms with Gasteiger partial charge in [0.05, 0.1) is 17.8 Å². The molecule has 2 rings (SSSR count). The predicted molar refractivity (Wildman–Crippen MR) is 66.1 cm³/mol. The highest BCUT2D eigenvalue weighted by Crippen LogP contribution is 2.28. The van der Waals surface area contributed by atoms with Gasteiger partial charge in [0.25, 0.3) is 0 Å². The third-order valence-electron chi connectivity index (χ3n) is 3.33. The number of rotatable bonds is 4. The number of likely N-dealkylation sites (tertiary alicyclic amines) is 1. The molecule has 0 aliphatic carbocycles. The Kier molecular flexibility index (Phi) is 3.41. The first-order valence-corrected chi connectivity index (χ1v) is 6.07. The van der Waals surface area contributed by atoms with Crippen molar-refractivity contribution in [2.45, 2.75) is 26.4 Å². The Labute approximate surface area is 106 Å². The van der Waals surface area contributed by atoms with Crippen molar-refractivity contribution in [2.75, 3.05) is 25.0 Å². The summed E-state index contributed by atoms with van der Waals surface area (Å²) in [5.41, 5.74) is 0.0757. The fourth-order valence-electron chi connectivity index (χ4n) is 2.01. The summed E-state index contributed by atoms with van der Waals surface area (Å²) < 4.78 is 4.90. The van der Waals surface area contributed by atoms with E-state index in [1.165, 1.54) is 0 Å². The van der Waals surface area contributed by atoms with Crippen LogP contribution in [-0.4, -0.2) is 46.3 Å². The van der Waals surface area contributed by atoms with Crippen LogP contribution < -0.4 is 5.32 Å². The molecule has 0 radical (unpaired) electrons. The van der Waals surface area contributed by atoms with E-state index in [0.29, 0.717) is 19.0 Å². The van der Waals surface area contributed by atoms with E-state index in [0.717, 1.165) is 5.69 Å². The van der Waals surface area contributed by atoms with Gasteiger partial charge < -0.3 is 9.63 Å². The predicted octanol–water partition coefficient (Wildman–Crippen LogP) is 0.624. The third-order valence-corrected chi connectivity index (χ3v) is 3.33. The second kappa shape index (κ2) is 4.70. The van der Waals surface area contributed by atoms with Crippen molar-refractivity contribution >= 4 is 11.8 Å². The number of nitrogens with one attached hydrogen (secondary N) is 1. The molecule has 0 unspecified atom stereocenters. The van der Waals surface area contributed by atoms with E-state index >= 15 is 0 Å². The molecule has 0 atom stereocenters. The SMILES string of the molecule is Cc1cc(NC(=O)CN2CC(O)(C(C)C)C2)on1. The van der Waals surface area contributed by atoms with Crippen LogP contribution >= 0.6 is 0 Å². The number of β-amino-alcohol motifs (C(OH)–C–C–N with tert-alkyl or cyclic N) is 1. The number of anilines is 1. The Morgan fingerprint density at radius 1 is 1.67 bits per heavy atom. The summed E-state index contributed by atoms with van der Waals surface area (Å²) >= 11 is 0. The van der Waals surface area contributed by atoms with Crippen LogP contribution in [0.4, 0.5) is 5.88 Å². The van der Waals surface area contributed by atoms with Gasteiger partial charge >= 0.3 is 0 Å². The molecular weight excluding hydrogens is 234 g/mol. The van der Waals surface area contributed by atoms with Gasteiger partial charge in [-0.3, -0.25) is 15.0 Å². The van der Waals surface area contributed by atoms with Crippen molar-refractivity contribution in [3.63, 3.8) is 0 Å². The van der Waals surface area contributed by atoms with E-state index in [1.54, 1.807) is 13.0 Å². The molecule has 18 heavy (non-hydrogen) atoms. The van der Waals surface area contributed by atoms with E-state index in [1.807, 2.05) is 18.7 Å². The standard InChI is InChI=1S/C12H19N3O3/c1-8(2)12(17)6-15(7-12)5-10(16)13-11-4-9(3)14-18-11/h4,8,17H,5-7H2,1-3H3,(H,13,16). The minimum atomic E-state index is -0.650. The Bertz CT molecular complexity index is 436. The van der Waals surface area contributed by atoms with Crippen molar-refractivity contribution in [2.24, 2.45) is 5.92 Å². The first-order valence-electron chi connectivity index (χ1n) is 6.07. The lowest BCUT2D eigenvalue weighted by Crippen LogP contribution is -2.65. The molecule has 1 fully saturated rings. The largest absolute Gasteiger partial charge is 0.387 e. The van der Waals surface area contributed by atoms with Gasteiger partial charge in [0.2, 0.25) is 11.8 Å². The molecule has 1 aliphatic heterocycles. The average molecular weight is 253 g/mol.